The molecule has 0 N–H and O–H groups in total. The lowest BCUT2D eigenvalue weighted by atomic mass is 9.98. The Hall–Kier alpha value is -4.98. The summed E-state index contributed by atoms with van der Waals surface area (Å²) in [5.74, 6) is -11.0. The van der Waals surface area contributed by atoms with Gasteiger partial charge in [0.15, 0.2) is 0 Å². The van der Waals surface area contributed by atoms with Crippen molar-refractivity contribution in [2.45, 2.75) is 38.3 Å². The summed E-state index contributed by atoms with van der Waals surface area (Å²) in [6, 6.07) is 17.6. The zero-order chi connectivity index (χ0) is 36.6. The Bertz CT molecular complexity index is 1960. The smallest absolute Gasteiger partial charge is 0.429 e. The van der Waals surface area contributed by atoms with Crippen LogP contribution >= 0.6 is 0 Å². The van der Waals surface area contributed by atoms with E-state index in [1.165, 1.54) is 11.6 Å². The molecule has 0 radical (unpaired) electrons. The molecule has 0 atom stereocenters. The van der Waals surface area contributed by atoms with Crippen LogP contribution in [0.5, 0.6) is 5.75 Å². The fraction of sp³-hybridized carbons (Fsp3) is 0.167. The fourth-order valence-electron chi connectivity index (χ4n) is 5.22. The van der Waals surface area contributed by atoms with Crippen LogP contribution < -0.4 is 4.74 Å². The highest BCUT2D eigenvalue weighted by Crippen LogP contribution is 2.42. The lowest BCUT2D eigenvalue weighted by Gasteiger charge is -2.21. The van der Waals surface area contributed by atoms with Gasteiger partial charge in [-0.05, 0) is 64.1 Å². The maximum absolute atomic E-state index is 15.1. The number of rotatable bonds is 10. The first-order valence-electron chi connectivity index (χ1n) is 14.6. The van der Waals surface area contributed by atoms with Gasteiger partial charge in [0, 0.05) is 12.1 Å². The molecule has 262 valence electrons. The van der Waals surface area contributed by atoms with Crippen molar-refractivity contribution < 1.29 is 62.2 Å². The SMILES string of the molecule is CCCc1ccc(-c2ccc(-c3ccc(C(F)(F)Oc4cc(F)c(-c5cc(F)c(C(F)(F)OC(F)(F)F)c(F)c5)c(F)c4)c(F)c3)cc2)cc1. The average molecular weight is 715 g/mol. The van der Waals surface area contributed by atoms with E-state index in [4.69, 9.17) is 0 Å². The molecule has 5 rings (SSSR count). The molecule has 0 aliphatic heterocycles. The van der Waals surface area contributed by atoms with Crippen LogP contribution in [0.15, 0.2) is 91.0 Å². The first kappa shape index (κ1) is 36.3. The van der Waals surface area contributed by atoms with Crippen LogP contribution in [0.2, 0.25) is 0 Å². The van der Waals surface area contributed by atoms with Crippen LogP contribution in [0.4, 0.5) is 52.7 Å². The van der Waals surface area contributed by atoms with Gasteiger partial charge in [-0.15, -0.1) is 13.2 Å². The zero-order valence-electron chi connectivity index (χ0n) is 25.4. The number of hydrogen-bond acceptors (Lipinski definition) is 2. The highest BCUT2D eigenvalue weighted by molar-refractivity contribution is 5.71. The monoisotopic (exact) mass is 714 g/mol. The number of hydrogen-bond donors (Lipinski definition) is 0. The van der Waals surface area contributed by atoms with Crippen molar-refractivity contribution in [3.63, 3.8) is 0 Å². The van der Waals surface area contributed by atoms with E-state index < -0.39 is 75.7 Å². The standard InChI is InChI=1S/C36H22F12O2/c1-2-3-19-4-6-20(7-5-19)21-8-10-22(11-9-21)23-12-13-26(27(37)14-23)34(42,43)49-25-17-28(38)32(29(39)18-25)24-15-30(40)33(31(41)16-24)35(44,45)50-36(46,47)48/h4-18H,2-3H2,1H3. The molecule has 5 aromatic rings. The molecule has 0 spiro atoms. The van der Waals surface area contributed by atoms with E-state index in [1.54, 1.807) is 24.3 Å². The Morgan fingerprint density at radius 2 is 0.960 bits per heavy atom. The van der Waals surface area contributed by atoms with Crippen LogP contribution in [0.1, 0.15) is 30.0 Å². The Morgan fingerprint density at radius 3 is 1.44 bits per heavy atom. The molecule has 0 amide bonds. The van der Waals surface area contributed by atoms with Gasteiger partial charge in [-0.25, -0.2) is 26.7 Å². The summed E-state index contributed by atoms with van der Waals surface area (Å²) in [5.41, 5.74) is -2.57. The molecule has 14 heteroatoms. The predicted molar refractivity (Wildman–Crippen MR) is 159 cm³/mol. The van der Waals surface area contributed by atoms with E-state index in [-0.39, 0.29) is 29.8 Å². The number of aryl methyl sites for hydroxylation is 1. The molecule has 0 aliphatic carbocycles. The molecule has 5 aromatic carbocycles. The number of halogens is 12. The van der Waals surface area contributed by atoms with Gasteiger partial charge in [-0.3, -0.25) is 0 Å². The molecule has 0 aromatic heterocycles. The highest BCUT2D eigenvalue weighted by Gasteiger charge is 2.49. The van der Waals surface area contributed by atoms with Crippen molar-refractivity contribution in [3.8, 4) is 39.1 Å². The topological polar surface area (TPSA) is 18.5 Å². The second-order valence-electron chi connectivity index (χ2n) is 11.0. The summed E-state index contributed by atoms with van der Waals surface area (Å²) in [4.78, 5) is 0. The van der Waals surface area contributed by atoms with Crippen LogP contribution in [0, 0.1) is 29.1 Å². The average Bonchev–Trinajstić information content (AvgIpc) is 2.99. The van der Waals surface area contributed by atoms with Crippen molar-refractivity contribution in [2.24, 2.45) is 0 Å². The Balaban J connectivity index is 1.35. The van der Waals surface area contributed by atoms with Crippen molar-refractivity contribution in [2.75, 3.05) is 0 Å². The quantitative estimate of drug-likeness (QED) is 0.134. The third kappa shape index (κ3) is 7.91. The van der Waals surface area contributed by atoms with E-state index in [0.29, 0.717) is 11.6 Å². The Kier molecular flexibility index (Phi) is 9.97. The minimum absolute atomic E-state index is 0.113. The van der Waals surface area contributed by atoms with Gasteiger partial charge >= 0.3 is 18.6 Å². The van der Waals surface area contributed by atoms with Crippen molar-refractivity contribution in [1.82, 2.24) is 0 Å². The predicted octanol–water partition coefficient (Wildman–Crippen LogP) is 12.0. The molecule has 0 unspecified atom stereocenters. The third-order valence-corrected chi connectivity index (χ3v) is 7.45. The molecule has 0 aliphatic rings. The minimum atomic E-state index is -6.02. The van der Waals surface area contributed by atoms with Gasteiger partial charge < -0.3 is 4.74 Å². The van der Waals surface area contributed by atoms with Gasteiger partial charge in [-0.2, -0.15) is 17.6 Å². The first-order valence-corrected chi connectivity index (χ1v) is 14.6. The van der Waals surface area contributed by atoms with Crippen molar-refractivity contribution >= 4 is 0 Å². The van der Waals surface area contributed by atoms with Gasteiger partial charge in [0.25, 0.3) is 0 Å². The van der Waals surface area contributed by atoms with E-state index in [0.717, 1.165) is 30.0 Å². The molecular weight excluding hydrogens is 692 g/mol. The minimum Gasteiger partial charge on any atom is -0.429 e. The molecule has 0 heterocycles. The molecular formula is C36H22F12O2. The molecule has 0 saturated carbocycles. The summed E-state index contributed by atoms with van der Waals surface area (Å²) in [5, 5.41) is 0. The lowest BCUT2D eigenvalue weighted by molar-refractivity contribution is -0.432. The first-order chi connectivity index (χ1) is 23.4. The summed E-state index contributed by atoms with van der Waals surface area (Å²) < 4.78 is 175. The van der Waals surface area contributed by atoms with E-state index in [2.05, 4.69) is 16.4 Å². The highest BCUT2D eigenvalue weighted by atomic mass is 19.4. The second kappa shape index (κ2) is 13.7. The normalized spacial score (nSPS) is 12.3. The summed E-state index contributed by atoms with van der Waals surface area (Å²) in [7, 11) is 0. The van der Waals surface area contributed by atoms with Crippen LogP contribution in [-0.2, 0) is 23.4 Å². The maximum Gasteiger partial charge on any atom is 0.527 e. The number of benzene rings is 5. The van der Waals surface area contributed by atoms with Gasteiger partial charge in [0.05, 0.1) is 11.1 Å². The van der Waals surface area contributed by atoms with Gasteiger partial charge in [0.2, 0.25) is 0 Å². The van der Waals surface area contributed by atoms with Crippen molar-refractivity contribution in [3.05, 3.63) is 137 Å². The molecule has 0 fully saturated rings. The van der Waals surface area contributed by atoms with Gasteiger partial charge in [-0.1, -0.05) is 67.9 Å². The summed E-state index contributed by atoms with van der Waals surface area (Å²) in [6.07, 6.45) is -14.2. The number of ether oxygens (including phenoxy) is 2. The van der Waals surface area contributed by atoms with Crippen LogP contribution in [0.25, 0.3) is 33.4 Å². The van der Waals surface area contributed by atoms with Gasteiger partial charge in [0.1, 0.15) is 40.4 Å². The van der Waals surface area contributed by atoms with Crippen LogP contribution in [-0.4, -0.2) is 6.36 Å². The maximum atomic E-state index is 15.1. The fourth-order valence-corrected chi connectivity index (χ4v) is 5.22. The van der Waals surface area contributed by atoms with Crippen LogP contribution in [0.3, 0.4) is 0 Å². The van der Waals surface area contributed by atoms with E-state index >= 15 is 13.2 Å². The third-order valence-electron chi connectivity index (χ3n) is 7.45. The number of alkyl halides is 7. The molecule has 0 saturated heterocycles. The Labute approximate surface area is 276 Å². The van der Waals surface area contributed by atoms with E-state index in [9.17, 15) is 39.5 Å². The largest absolute Gasteiger partial charge is 0.527 e. The molecule has 50 heavy (non-hydrogen) atoms. The van der Waals surface area contributed by atoms with E-state index in [1.807, 2.05) is 24.3 Å². The Morgan fingerprint density at radius 1 is 0.500 bits per heavy atom. The lowest BCUT2D eigenvalue weighted by Crippen LogP contribution is -2.29. The molecule has 0 bridgehead atoms. The zero-order valence-corrected chi connectivity index (χ0v) is 25.4. The summed E-state index contributed by atoms with van der Waals surface area (Å²) in [6.45, 7) is 2.07. The second-order valence-corrected chi connectivity index (χ2v) is 11.0. The van der Waals surface area contributed by atoms with Crippen molar-refractivity contribution in [1.29, 1.82) is 0 Å². The molecule has 2 nitrogen and oxygen atoms in total. The summed E-state index contributed by atoms with van der Waals surface area (Å²) >= 11 is 0.